The van der Waals surface area contributed by atoms with Crippen molar-refractivity contribution >= 4 is 11.0 Å². The molecule has 4 nitrogen and oxygen atoms in total. The Balaban J connectivity index is 1.29. The van der Waals surface area contributed by atoms with E-state index in [9.17, 15) is 5.11 Å². The maximum atomic E-state index is 11.4. The molecule has 0 spiro atoms. The first-order chi connectivity index (χ1) is 30.6. The Morgan fingerprint density at radius 3 is 1.92 bits per heavy atom. The van der Waals surface area contributed by atoms with Gasteiger partial charge in [-0.15, -0.1) is 0 Å². The lowest BCUT2D eigenvalue weighted by molar-refractivity contribution is 0.477. The van der Waals surface area contributed by atoms with Crippen LogP contribution in [0.15, 0.2) is 176 Å². The molecule has 0 aliphatic rings. The van der Waals surface area contributed by atoms with Crippen LogP contribution < -0.4 is 0 Å². The largest absolute Gasteiger partial charge is 0.507 e. The molecule has 0 fully saturated rings. The third-order valence-corrected chi connectivity index (χ3v) is 11.6. The van der Waals surface area contributed by atoms with E-state index in [2.05, 4.69) is 114 Å². The Morgan fingerprint density at radius 1 is 0.525 bits per heavy atom. The van der Waals surface area contributed by atoms with Crippen molar-refractivity contribution < 1.29 is 9.22 Å². The monoisotopic (exact) mass is 796 g/mol. The van der Waals surface area contributed by atoms with Crippen LogP contribution in [0, 0.1) is 6.85 Å². The highest BCUT2D eigenvalue weighted by atomic mass is 16.3. The summed E-state index contributed by atoms with van der Waals surface area (Å²) in [5.74, 6) is 0.476. The predicted octanol–water partition coefficient (Wildman–Crippen LogP) is 15.0. The van der Waals surface area contributed by atoms with Crippen LogP contribution in [-0.4, -0.2) is 19.6 Å². The summed E-state index contributed by atoms with van der Waals surface area (Å²) in [4.78, 5) is 10.2. The lowest BCUT2D eigenvalue weighted by Gasteiger charge is -2.26. The van der Waals surface area contributed by atoms with Crippen LogP contribution in [0.25, 0.3) is 83.9 Å². The van der Waals surface area contributed by atoms with E-state index in [4.69, 9.17) is 14.1 Å². The van der Waals surface area contributed by atoms with Gasteiger partial charge in [0.2, 0.25) is 0 Å². The van der Waals surface area contributed by atoms with Crippen molar-refractivity contribution in [3.8, 4) is 78.6 Å². The number of pyridine rings is 1. The van der Waals surface area contributed by atoms with Gasteiger partial charge < -0.3 is 5.11 Å². The van der Waals surface area contributed by atoms with Crippen LogP contribution >= 0.6 is 0 Å². The third-order valence-electron chi connectivity index (χ3n) is 11.6. The fourth-order valence-corrected chi connectivity index (χ4v) is 8.42. The Kier molecular flexibility index (Phi) is 9.13. The number of imidazole rings is 1. The van der Waals surface area contributed by atoms with Gasteiger partial charge in [-0.2, -0.15) is 0 Å². The summed E-state index contributed by atoms with van der Waals surface area (Å²) in [7, 11) is 0. The molecule has 61 heavy (non-hydrogen) atoms. The average Bonchev–Trinajstić information content (AvgIpc) is 3.68. The molecular formula is C57H51N3O. The molecule has 9 aromatic rings. The first-order valence-corrected chi connectivity index (χ1v) is 20.9. The van der Waals surface area contributed by atoms with Crippen LogP contribution in [0.5, 0.6) is 5.75 Å². The summed E-state index contributed by atoms with van der Waals surface area (Å²) in [5, 5.41) is 11.4. The van der Waals surface area contributed by atoms with E-state index in [0.717, 1.165) is 66.9 Å². The molecule has 7 aromatic carbocycles. The standard InChI is InChI=1S/C57H51N3O/c1-37-32-41(53-45(39-20-12-9-13-21-39)23-16-25-48(53)57(5,6)7)28-29-50(37)60-51-26-17-24-46(54(51)59-55(60)47-22-14-15-27-52(47)61)42-33-43(35-44(34-42)56(2,3)4)49-36-40(30-31-58-49)38-18-10-8-11-19-38/h8-36,61H,1-7H3/i1D3. The molecule has 0 saturated heterocycles. The lowest BCUT2D eigenvalue weighted by Crippen LogP contribution is -2.13. The molecule has 0 saturated carbocycles. The smallest absolute Gasteiger partial charge is 0.149 e. The summed E-state index contributed by atoms with van der Waals surface area (Å²) in [6.07, 6.45) is 1.86. The van der Waals surface area contributed by atoms with Crippen molar-refractivity contribution in [1.29, 1.82) is 0 Å². The zero-order chi connectivity index (χ0) is 45.0. The molecule has 9 rings (SSSR count). The SMILES string of the molecule is [2H]C([2H])([2H])c1cc(-c2c(-c3ccccc3)cccc2C(C)(C)C)ccc1-n1c(-c2ccccc2O)nc2c(-c3cc(-c4cc(-c5ccccc5)ccn4)cc(C(C)(C)C)c3)cccc21. The summed E-state index contributed by atoms with van der Waals surface area (Å²) >= 11 is 0. The summed E-state index contributed by atoms with van der Waals surface area (Å²) < 4.78 is 29.1. The first kappa shape index (κ1) is 35.9. The highest BCUT2D eigenvalue weighted by Crippen LogP contribution is 2.44. The third kappa shape index (κ3) is 7.55. The number of nitrogens with zero attached hydrogens (tertiary/aromatic N) is 3. The summed E-state index contributed by atoms with van der Waals surface area (Å²) in [6.45, 7) is 10.7. The number of phenolic OH excluding ortho intramolecular Hbond substituents is 1. The van der Waals surface area contributed by atoms with E-state index in [0.29, 0.717) is 28.1 Å². The molecule has 300 valence electrons. The number of phenols is 1. The lowest BCUT2D eigenvalue weighted by atomic mass is 9.78. The van der Waals surface area contributed by atoms with Gasteiger partial charge in [0, 0.05) is 21.4 Å². The van der Waals surface area contributed by atoms with E-state index in [1.807, 2.05) is 95.7 Å². The minimum absolute atomic E-state index is 0.0423. The number of aryl methyl sites for hydroxylation is 1. The predicted molar refractivity (Wildman–Crippen MR) is 255 cm³/mol. The van der Waals surface area contributed by atoms with Crippen LogP contribution in [0.1, 0.15) is 62.3 Å². The molecule has 2 heterocycles. The Bertz CT molecular complexity index is 3170. The molecule has 0 amide bonds. The molecular weight excluding hydrogens is 743 g/mol. The second-order valence-corrected chi connectivity index (χ2v) is 17.9. The van der Waals surface area contributed by atoms with Gasteiger partial charge >= 0.3 is 0 Å². The van der Waals surface area contributed by atoms with Crippen molar-refractivity contribution in [2.45, 2.75) is 59.2 Å². The summed E-state index contributed by atoms with van der Waals surface area (Å²) in [5.41, 5.74) is 14.1. The molecule has 4 heteroatoms. The zero-order valence-electron chi connectivity index (χ0n) is 38.5. The molecule has 0 bridgehead atoms. The number of fused-ring (bicyclic) bond motifs is 1. The average molecular weight is 797 g/mol. The van der Waals surface area contributed by atoms with E-state index >= 15 is 0 Å². The molecule has 0 atom stereocenters. The quantitative estimate of drug-likeness (QED) is 0.175. The van der Waals surface area contributed by atoms with Gasteiger partial charge in [-0.1, -0.05) is 157 Å². The van der Waals surface area contributed by atoms with Gasteiger partial charge in [-0.3, -0.25) is 9.55 Å². The van der Waals surface area contributed by atoms with Crippen LogP contribution in [0.2, 0.25) is 0 Å². The van der Waals surface area contributed by atoms with Gasteiger partial charge in [0.05, 0.1) is 28.0 Å². The van der Waals surface area contributed by atoms with Crippen molar-refractivity contribution in [2.75, 3.05) is 0 Å². The highest BCUT2D eigenvalue weighted by Gasteiger charge is 2.25. The fraction of sp³-hybridized carbons (Fsp3) is 0.158. The Hall–Kier alpha value is -7.04. The van der Waals surface area contributed by atoms with E-state index < -0.39 is 6.85 Å². The number of aromatic hydroxyl groups is 1. The van der Waals surface area contributed by atoms with Crippen molar-refractivity contribution in [3.63, 3.8) is 0 Å². The number of benzene rings is 7. The van der Waals surface area contributed by atoms with Crippen molar-refractivity contribution in [2.24, 2.45) is 0 Å². The van der Waals surface area contributed by atoms with Crippen LogP contribution in [0.3, 0.4) is 0 Å². The Morgan fingerprint density at radius 2 is 1.20 bits per heavy atom. The van der Waals surface area contributed by atoms with Crippen molar-refractivity contribution in [3.05, 3.63) is 193 Å². The Labute approximate surface area is 364 Å². The van der Waals surface area contributed by atoms with E-state index in [1.165, 1.54) is 0 Å². The molecule has 2 aromatic heterocycles. The van der Waals surface area contributed by atoms with E-state index in [1.54, 1.807) is 12.1 Å². The normalized spacial score (nSPS) is 12.9. The van der Waals surface area contributed by atoms with Crippen LogP contribution in [0.4, 0.5) is 0 Å². The summed E-state index contributed by atoms with van der Waals surface area (Å²) in [6, 6.07) is 56.6. The van der Waals surface area contributed by atoms with Gasteiger partial charge in [-0.05, 0) is 128 Å². The van der Waals surface area contributed by atoms with Gasteiger partial charge in [0.25, 0.3) is 0 Å². The maximum absolute atomic E-state index is 11.4. The van der Waals surface area contributed by atoms with Gasteiger partial charge in [0.1, 0.15) is 11.6 Å². The second-order valence-electron chi connectivity index (χ2n) is 17.9. The molecule has 0 aliphatic heterocycles. The second kappa shape index (κ2) is 15.5. The first-order valence-electron chi connectivity index (χ1n) is 22.4. The highest BCUT2D eigenvalue weighted by molar-refractivity contribution is 5.97. The number of rotatable bonds is 7. The number of aromatic nitrogens is 3. The van der Waals surface area contributed by atoms with Gasteiger partial charge in [-0.25, -0.2) is 4.98 Å². The number of para-hydroxylation sites is 2. The minimum atomic E-state index is -2.52. The zero-order valence-corrected chi connectivity index (χ0v) is 35.5. The van der Waals surface area contributed by atoms with Gasteiger partial charge in [0.15, 0.2) is 0 Å². The number of hydrogen-bond donors (Lipinski definition) is 1. The molecule has 0 aliphatic carbocycles. The molecule has 0 radical (unpaired) electrons. The van der Waals surface area contributed by atoms with Crippen LogP contribution in [-0.2, 0) is 10.8 Å². The van der Waals surface area contributed by atoms with Crippen molar-refractivity contribution in [1.82, 2.24) is 14.5 Å². The van der Waals surface area contributed by atoms with E-state index in [-0.39, 0.29) is 22.1 Å². The molecule has 1 N–H and O–H groups in total. The topological polar surface area (TPSA) is 50.9 Å². The maximum Gasteiger partial charge on any atom is 0.149 e. The minimum Gasteiger partial charge on any atom is -0.507 e. The fourth-order valence-electron chi connectivity index (χ4n) is 8.42. The number of hydrogen-bond acceptors (Lipinski definition) is 3. The molecule has 0 unspecified atom stereocenters.